The van der Waals surface area contributed by atoms with Gasteiger partial charge in [0.1, 0.15) is 6.61 Å². The topological polar surface area (TPSA) is 46.5 Å². The van der Waals surface area contributed by atoms with Gasteiger partial charge in [-0.2, -0.15) is 0 Å². The van der Waals surface area contributed by atoms with E-state index in [0.29, 0.717) is 12.0 Å². The molecule has 0 amide bonds. The molecule has 75 valence electrons. The normalized spacial score (nSPS) is 12.2. The lowest BCUT2D eigenvalue weighted by molar-refractivity contribution is -0.142. The molecule has 13 heavy (non-hydrogen) atoms. The van der Waals surface area contributed by atoms with Crippen LogP contribution >= 0.6 is 0 Å². The van der Waals surface area contributed by atoms with Crippen molar-refractivity contribution in [2.45, 2.75) is 32.3 Å². The minimum atomic E-state index is -0.579. The van der Waals surface area contributed by atoms with E-state index in [1.54, 1.807) is 6.92 Å². The van der Waals surface area contributed by atoms with Gasteiger partial charge in [0, 0.05) is 5.57 Å². The fourth-order valence-electron chi connectivity index (χ4n) is 0.758. The summed E-state index contributed by atoms with van der Waals surface area (Å²) in [6, 6.07) is 0. The third-order valence-corrected chi connectivity index (χ3v) is 1.54. The highest BCUT2D eigenvalue weighted by Gasteiger charge is 2.08. The van der Waals surface area contributed by atoms with E-state index in [0.717, 1.165) is 12.8 Å². The molecule has 0 rings (SSSR count). The molecule has 0 saturated heterocycles. The fraction of sp³-hybridized carbons (Fsp3) is 0.600. The number of aliphatic hydroxyl groups is 1. The van der Waals surface area contributed by atoms with Crippen molar-refractivity contribution in [2.75, 3.05) is 6.61 Å². The van der Waals surface area contributed by atoms with Gasteiger partial charge in [-0.05, 0) is 13.3 Å². The van der Waals surface area contributed by atoms with Gasteiger partial charge >= 0.3 is 5.97 Å². The largest absolute Gasteiger partial charge is 0.460 e. The number of hydrogen-bond acceptors (Lipinski definition) is 3. The molecular weight excluding hydrogens is 168 g/mol. The Balaban J connectivity index is 3.51. The van der Waals surface area contributed by atoms with Crippen molar-refractivity contribution < 1.29 is 14.6 Å². The van der Waals surface area contributed by atoms with Gasteiger partial charge in [-0.15, -0.1) is 0 Å². The van der Waals surface area contributed by atoms with Crippen LogP contribution in [0.4, 0.5) is 0 Å². The molecule has 0 heterocycles. The Kier molecular flexibility index (Phi) is 6.24. The Bertz CT molecular complexity index is 175. The van der Waals surface area contributed by atoms with E-state index < -0.39 is 12.1 Å². The number of esters is 1. The highest BCUT2D eigenvalue weighted by Crippen LogP contribution is 2.01. The zero-order valence-electron chi connectivity index (χ0n) is 8.08. The average Bonchev–Trinajstić information content (AvgIpc) is 2.10. The van der Waals surface area contributed by atoms with Crippen molar-refractivity contribution in [2.24, 2.45) is 0 Å². The highest BCUT2D eigenvalue weighted by molar-refractivity contribution is 5.86. The summed E-state index contributed by atoms with van der Waals surface area (Å²) in [6.07, 6.45) is 1.66. The first-order valence-electron chi connectivity index (χ1n) is 4.38. The molecule has 1 radical (unpaired) electrons. The van der Waals surface area contributed by atoms with Crippen LogP contribution in [-0.2, 0) is 9.53 Å². The summed E-state index contributed by atoms with van der Waals surface area (Å²) < 4.78 is 4.75. The summed E-state index contributed by atoms with van der Waals surface area (Å²) in [7, 11) is 0. The summed E-state index contributed by atoms with van der Waals surface area (Å²) in [5, 5.41) is 9.28. The Labute approximate surface area is 79.4 Å². The van der Waals surface area contributed by atoms with Crippen LogP contribution in [0.2, 0.25) is 0 Å². The summed E-state index contributed by atoms with van der Waals surface area (Å²) in [6.45, 7) is 8.70. The molecule has 0 aliphatic rings. The molecular formula is C10H17O3. The molecule has 0 aliphatic carbocycles. The molecule has 0 aromatic rings. The summed E-state index contributed by atoms with van der Waals surface area (Å²) in [5.74, 6) is -0.450. The molecule has 0 saturated carbocycles. The van der Waals surface area contributed by atoms with Crippen LogP contribution in [0.5, 0.6) is 0 Å². The minimum Gasteiger partial charge on any atom is -0.460 e. The third-order valence-electron chi connectivity index (χ3n) is 1.54. The van der Waals surface area contributed by atoms with E-state index in [1.165, 1.54) is 0 Å². The van der Waals surface area contributed by atoms with Gasteiger partial charge in [-0.1, -0.05) is 26.3 Å². The molecule has 0 spiro atoms. The molecule has 0 aliphatic heterocycles. The lowest BCUT2D eigenvalue weighted by Gasteiger charge is -2.10. The Morgan fingerprint density at radius 2 is 2.23 bits per heavy atom. The van der Waals surface area contributed by atoms with Crippen LogP contribution in [0.3, 0.4) is 0 Å². The van der Waals surface area contributed by atoms with Gasteiger partial charge in [-0.25, -0.2) is 4.79 Å². The molecule has 3 nitrogen and oxygen atoms in total. The molecule has 1 unspecified atom stereocenters. The van der Waals surface area contributed by atoms with E-state index >= 15 is 0 Å². The molecule has 1 atom stereocenters. The van der Waals surface area contributed by atoms with Crippen LogP contribution in [0.15, 0.2) is 12.2 Å². The summed E-state index contributed by atoms with van der Waals surface area (Å²) in [4.78, 5) is 10.9. The van der Waals surface area contributed by atoms with Crippen LogP contribution < -0.4 is 0 Å². The molecule has 1 N–H and O–H groups in total. The zero-order valence-corrected chi connectivity index (χ0v) is 8.08. The maximum atomic E-state index is 10.9. The van der Waals surface area contributed by atoms with Crippen molar-refractivity contribution >= 4 is 5.97 Å². The van der Waals surface area contributed by atoms with Crippen LogP contribution in [0, 0.1) is 6.92 Å². The van der Waals surface area contributed by atoms with E-state index in [1.807, 2.05) is 0 Å². The second-order valence-electron chi connectivity index (χ2n) is 3.03. The monoisotopic (exact) mass is 185 g/mol. The first-order valence-corrected chi connectivity index (χ1v) is 4.38. The molecule has 0 aromatic carbocycles. The maximum Gasteiger partial charge on any atom is 0.333 e. The van der Waals surface area contributed by atoms with E-state index in [9.17, 15) is 9.90 Å². The molecule has 3 heteroatoms. The lowest BCUT2D eigenvalue weighted by Crippen LogP contribution is -2.18. The molecule has 0 bridgehead atoms. The highest BCUT2D eigenvalue weighted by atomic mass is 16.5. The quantitative estimate of drug-likeness (QED) is 0.503. The van der Waals surface area contributed by atoms with Crippen LogP contribution in [0.1, 0.15) is 26.2 Å². The standard InChI is InChI=1S/C10H17O3/c1-4-5-6-9(11)7-13-10(12)8(2)3/h9,11H,1-2,4-7H2,3H3. The van der Waals surface area contributed by atoms with E-state index in [-0.39, 0.29) is 6.61 Å². The van der Waals surface area contributed by atoms with E-state index in [2.05, 4.69) is 13.5 Å². The number of rotatable bonds is 6. The number of unbranched alkanes of at least 4 members (excludes halogenated alkanes) is 1. The smallest absolute Gasteiger partial charge is 0.333 e. The number of hydrogen-bond donors (Lipinski definition) is 1. The first kappa shape index (κ1) is 12.2. The van der Waals surface area contributed by atoms with Gasteiger partial charge < -0.3 is 9.84 Å². The Morgan fingerprint density at radius 3 is 2.69 bits per heavy atom. The van der Waals surface area contributed by atoms with Gasteiger partial charge in [0.25, 0.3) is 0 Å². The van der Waals surface area contributed by atoms with Gasteiger partial charge in [0.05, 0.1) is 6.10 Å². The first-order chi connectivity index (χ1) is 6.07. The molecule has 0 fully saturated rings. The van der Waals surface area contributed by atoms with Crippen LogP contribution in [0.25, 0.3) is 0 Å². The predicted molar refractivity (Wildman–Crippen MR) is 51.0 cm³/mol. The Hall–Kier alpha value is -0.830. The van der Waals surface area contributed by atoms with E-state index in [4.69, 9.17) is 4.74 Å². The second kappa shape index (κ2) is 6.66. The van der Waals surface area contributed by atoms with Crippen molar-refractivity contribution in [1.29, 1.82) is 0 Å². The lowest BCUT2D eigenvalue weighted by atomic mass is 10.2. The maximum absolute atomic E-state index is 10.9. The van der Waals surface area contributed by atoms with Crippen molar-refractivity contribution in [1.82, 2.24) is 0 Å². The number of carbonyl (C=O) groups is 1. The summed E-state index contributed by atoms with van der Waals surface area (Å²) >= 11 is 0. The zero-order chi connectivity index (χ0) is 10.3. The minimum absolute atomic E-state index is 0.0473. The predicted octanol–water partition coefficient (Wildman–Crippen LogP) is 1.47. The third kappa shape index (κ3) is 6.34. The van der Waals surface area contributed by atoms with Crippen molar-refractivity contribution in [3.63, 3.8) is 0 Å². The number of aliphatic hydroxyl groups excluding tert-OH is 1. The average molecular weight is 185 g/mol. The van der Waals surface area contributed by atoms with Gasteiger partial charge in [0.15, 0.2) is 0 Å². The van der Waals surface area contributed by atoms with Gasteiger partial charge in [-0.3, -0.25) is 0 Å². The molecule has 0 aromatic heterocycles. The van der Waals surface area contributed by atoms with Crippen molar-refractivity contribution in [3.05, 3.63) is 19.1 Å². The Morgan fingerprint density at radius 1 is 1.62 bits per heavy atom. The number of ether oxygens (including phenoxy) is 1. The summed E-state index contributed by atoms with van der Waals surface area (Å²) in [5.41, 5.74) is 0.351. The van der Waals surface area contributed by atoms with Crippen LogP contribution in [-0.4, -0.2) is 23.8 Å². The van der Waals surface area contributed by atoms with Crippen molar-refractivity contribution in [3.8, 4) is 0 Å². The second-order valence-corrected chi connectivity index (χ2v) is 3.03. The number of carbonyl (C=O) groups excluding carboxylic acids is 1. The SMILES string of the molecule is [CH2]CCCC(O)COC(=O)C(=C)C. The van der Waals surface area contributed by atoms with Gasteiger partial charge in [0.2, 0.25) is 0 Å². The fourth-order valence-corrected chi connectivity index (χ4v) is 0.758.